The van der Waals surface area contributed by atoms with E-state index in [9.17, 15) is 9.90 Å². The number of carbonyl (C=O) groups is 1. The standard InChI is InChI=1S/C15H15NO3/c1-8-6-10(14(17)12-4-3-5-19-12)7-11-9(2)15(18)16-13(8)11/h3-7,9,14,17H,1-2H3,(H,16,18). The number of carbonyl (C=O) groups excluding carboxylic acids is 1. The molecule has 0 aliphatic carbocycles. The van der Waals surface area contributed by atoms with Gasteiger partial charge in [0, 0.05) is 5.69 Å². The normalized spacial score (nSPS) is 19.1. The highest BCUT2D eigenvalue weighted by Gasteiger charge is 2.29. The number of rotatable bonds is 2. The molecule has 2 atom stereocenters. The highest BCUT2D eigenvalue weighted by molar-refractivity contribution is 6.03. The van der Waals surface area contributed by atoms with Gasteiger partial charge in [-0.3, -0.25) is 4.79 Å². The molecule has 2 aromatic rings. The van der Waals surface area contributed by atoms with Gasteiger partial charge in [-0.05, 0) is 48.7 Å². The first kappa shape index (κ1) is 12.0. The summed E-state index contributed by atoms with van der Waals surface area (Å²) in [5.74, 6) is 0.324. The van der Waals surface area contributed by atoms with Gasteiger partial charge >= 0.3 is 0 Å². The van der Waals surface area contributed by atoms with Crippen LogP contribution in [0.5, 0.6) is 0 Å². The van der Waals surface area contributed by atoms with E-state index in [4.69, 9.17) is 4.42 Å². The van der Waals surface area contributed by atoms with Gasteiger partial charge in [-0.2, -0.15) is 0 Å². The van der Waals surface area contributed by atoms with Crippen LogP contribution in [0.1, 0.15) is 41.4 Å². The maximum absolute atomic E-state index is 11.7. The molecule has 1 aromatic carbocycles. The lowest BCUT2D eigenvalue weighted by atomic mass is 9.95. The van der Waals surface area contributed by atoms with Gasteiger partial charge < -0.3 is 14.8 Å². The Bertz CT molecular complexity index is 631. The number of benzene rings is 1. The summed E-state index contributed by atoms with van der Waals surface area (Å²) in [4.78, 5) is 11.7. The molecule has 2 N–H and O–H groups in total. The van der Waals surface area contributed by atoms with Crippen molar-refractivity contribution in [2.45, 2.75) is 25.9 Å². The van der Waals surface area contributed by atoms with E-state index in [0.717, 1.165) is 22.4 Å². The van der Waals surface area contributed by atoms with Crippen LogP contribution in [0.25, 0.3) is 0 Å². The molecule has 1 amide bonds. The summed E-state index contributed by atoms with van der Waals surface area (Å²) in [5.41, 5.74) is 3.50. The highest BCUT2D eigenvalue weighted by atomic mass is 16.4. The minimum absolute atomic E-state index is 0.00254. The molecule has 3 rings (SSSR count). The van der Waals surface area contributed by atoms with E-state index in [1.54, 1.807) is 12.1 Å². The molecule has 0 fully saturated rings. The van der Waals surface area contributed by atoms with E-state index in [1.165, 1.54) is 6.26 Å². The number of furan rings is 1. The molecule has 1 aliphatic rings. The predicted octanol–water partition coefficient (Wildman–Crippen LogP) is 2.73. The van der Waals surface area contributed by atoms with Crippen molar-refractivity contribution in [1.82, 2.24) is 0 Å². The molecular formula is C15H15NO3. The number of hydrogen-bond donors (Lipinski definition) is 2. The highest BCUT2D eigenvalue weighted by Crippen LogP contribution is 2.37. The predicted molar refractivity (Wildman–Crippen MR) is 71.0 cm³/mol. The molecular weight excluding hydrogens is 242 g/mol. The van der Waals surface area contributed by atoms with Crippen molar-refractivity contribution in [3.8, 4) is 0 Å². The third-order valence-corrected chi connectivity index (χ3v) is 3.62. The lowest BCUT2D eigenvalue weighted by Crippen LogP contribution is -2.08. The number of hydrogen-bond acceptors (Lipinski definition) is 3. The van der Waals surface area contributed by atoms with Crippen molar-refractivity contribution in [1.29, 1.82) is 0 Å². The summed E-state index contributed by atoms with van der Waals surface area (Å²) < 4.78 is 5.22. The first-order chi connectivity index (χ1) is 9.08. The SMILES string of the molecule is Cc1cc(C(O)c2ccco2)cc2c1NC(=O)C2C. The molecule has 0 spiro atoms. The van der Waals surface area contributed by atoms with E-state index in [1.807, 2.05) is 26.0 Å². The topological polar surface area (TPSA) is 62.5 Å². The minimum atomic E-state index is -0.804. The first-order valence-electron chi connectivity index (χ1n) is 6.24. The first-order valence-corrected chi connectivity index (χ1v) is 6.24. The van der Waals surface area contributed by atoms with E-state index >= 15 is 0 Å². The van der Waals surface area contributed by atoms with Gasteiger partial charge in [-0.15, -0.1) is 0 Å². The Hall–Kier alpha value is -2.07. The van der Waals surface area contributed by atoms with Crippen molar-refractivity contribution in [2.24, 2.45) is 0 Å². The number of aryl methyl sites for hydroxylation is 1. The van der Waals surface area contributed by atoms with Crippen molar-refractivity contribution in [2.75, 3.05) is 5.32 Å². The summed E-state index contributed by atoms with van der Waals surface area (Å²) in [7, 11) is 0. The van der Waals surface area contributed by atoms with E-state index in [-0.39, 0.29) is 11.8 Å². The Morgan fingerprint density at radius 1 is 1.42 bits per heavy atom. The van der Waals surface area contributed by atoms with Crippen LogP contribution < -0.4 is 5.32 Å². The molecule has 0 saturated heterocycles. The van der Waals surface area contributed by atoms with Crippen LogP contribution in [0.2, 0.25) is 0 Å². The number of aliphatic hydroxyl groups excluding tert-OH is 1. The number of anilines is 1. The lowest BCUT2D eigenvalue weighted by Gasteiger charge is -2.13. The Morgan fingerprint density at radius 2 is 2.21 bits per heavy atom. The monoisotopic (exact) mass is 257 g/mol. The van der Waals surface area contributed by atoms with Crippen molar-refractivity contribution in [3.05, 3.63) is 53.0 Å². The lowest BCUT2D eigenvalue weighted by molar-refractivity contribution is -0.116. The maximum atomic E-state index is 11.7. The smallest absolute Gasteiger partial charge is 0.231 e. The van der Waals surface area contributed by atoms with Crippen LogP contribution in [0.15, 0.2) is 34.9 Å². The average Bonchev–Trinajstić information content (AvgIpc) is 3.00. The third-order valence-electron chi connectivity index (χ3n) is 3.62. The fourth-order valence-electron chi connectivity index (χ4n) is 2.50. The molecule has 2 heterocycles. The second-order valence-electron chi connectivity index (χ2n) is 4.93. The Morgan fingerprint density at radius 3 is 2.89 bits per heavy atom. The number of nitrogens with one attached hydrogen (secondary N) is 1. The second kappa shape index (κ2) is 4.24. The average molecular weight is 257 g/mol. The molecule has 4 nitrogen and oxygen atoms in total. The molecule has 2 unspecified atom stereocenters. The molecule has 4 heteroatoms. The van der Waals surface area contributed by atoms with Crippen molar-refractivity contribution in [3.63, 3.8) is 0 Å². The van der Waals surface area contributed by atoms with E-state index in [0.29, 0.717) is 5.76 Å². The summed E-state index contributed by atoms with van der Waals surface area (Å²) >= 11 is 0. The van der Waals surface area contributed by atoms with Gasteiger partial charge in [-0.1, -0.05) is 6.07 Å². The van der Waals surface area contributed by atoms with Gasteiger partial charge in [0.2, 0.25) is 5.91 Å². The van der Waals surface area contributed by atoms with Gasteiger partial charge in [-0.25, -0.2) is 0 Å². The van der Waals surface area contributed by atoms with Crippen LogP contribution in [0.3, 0.4) is 0 Å². The summed E-state index contributed by atoms with van der Waals surface area (Å²) in [5, 5.41) is 13.2. The summed E-state index contributed by atoms with van der Waals surface area (Å²) in [6.07, 6.45) is 0.730. The second-order valence-corrected chi connectivity index (χ2v) is 4.93. The van der Waals surface area contributed by atoms with Crippen molar-refractivity contribution >= 4 is 11.6 Å². The van der Waals surface area contributed by atoms with Gasteiger partial charge in [0.25, 0.3) is 0 Å². The zero-order valence-electron chi connectivity index (χ0n) is 10.8. The van der Waals surface area contributed by atoms with E-state index in [2.05, 4.69) is 5.32 Å². The molecule has 0 bridgehead atoms. The molecule has 1 aliphatic heterocycles. The summed E-state index contributed by atoms with van der Waals surface area (Å²) in [6.45, 7) is 3.79. The quantitative estimate of drug-likeness (QED) is 0.869. The van der Waals surface area contributed by atoms with Crippen LogP contribution >= 0.6 is 0 Å². The maximum Gasteiger partial charge on any atom is 0.231 e. The van der Waals surface area contributed by atoms with Crippen LogP contribution in [-0.2, 0) is 4.79 Å². The largest absolute Gasteiger partial charge is 0.466 e. The Kier molecular flexibility index (Phi) is 2.68. The fourth-order valence-corrected chi connectivity index (χ4v) is 2.50. The van der Waals surface area contributed by atoms with Gasteiger partial charge in [0.1, 0.15) is 11.9 Å². The van der Waals surface area contributed by atoms with Gasteiger partial charge in [0.15, 0.2) is 0 Å². The van der Waals surface area contributed by atoms with Crippen LogP contribution in [-0.4, -0.2) is 11.0 Å². The van der Waals surface area contributed by atoms with Crippen LogP contribution in [0, 0.1) is 6.92 Å². The molecule has 98 valence electrons. The Balaban J connectivity index is 2.06. The molecule has 19 heavy (non-hydrogen) atoms. The fraction of sp³-hybridized carbons (Fsp3) is 0.267. The Labute approximate surface area is 111 Å². The molecule has 1 aromatic heterocycles. The zero-order valence-corrected chi connectivity index (χ0v) is 10.8. The molecule has 0 saturated carbocycles. The van der Waals surface area contributed by atoms with Crippen molar-refractivity contribution < 1.29 is 14.3 Å². The summed E-state index contributed by atoms with van der Waals surface area (Å²) in [6, 6.07) is 7.23. The van der Waals surface area contributed by atoms with E-state index < -0.39 is 6.10 Å². The zero-order chi connectivity index (χ0) is 13.6. The number of amides is 1. The number of aliphatic hydroxyl groups is 1. The number of fused-ring (bicyclic) bond motifs is 1. The van der Waals surface area contributed by atoms with Gasteiger partial charge in [0.05, 0.1) is 12.2 Å². The van der Waals surface area contributed by atoms with Crippen LogP contribution in [0.4, 0.5) is 5.69 Å². The minimum Gasteiger partial charge on any atom is -0.466 e. The molecule has 0 radical (unpaired) electrons. The third kappa shape index (κ3) is 1.85.